The fraction of sp³-hybridized carbons (Fsp3) is 0.143. The zero-order valence-corrected chi connectivity index (χ0v) is 13.9. The Morgan fingerprint density at radius 1 is 1.00 bits per heavy atom. The first-order valence-corrected chi connectivity index (χ1v) is 8.28. The lowest BCUT2D eigenvalue weighted by molar-refractivity contribution is -0.124. The maximum absolute atomic E-state index is 13.1. The van der Waals surface area contributed by atoms with E-state index in [0.29, 0.717) is 0 Å². The summed E-state index contributed by atoms with van der Waals surface area (Å²) in [5.41, 5.74) is 2.43. The Morgan fingerprint density at radius 3 is 2.56 bits per heavy atom. The molecule has 0 radical (unpaired) electrons. The van der Waals surface area contributed by atoms with Crippen LogP contribution in [-0.4, -0.2) is 18.9 Å². The number of fused-ring (bicyclic) bond motifs is 2. The Balaban J connectivity index is 1.69. The maximum atomic E-state index is 13.1. The van der Waals surface area contributed by atoms with Gasteiger partial charge in [0.2, 0.25) is 11.8 Å². The number of hydrogen-bond donors (Lipinski definition) is 1. The maximum Gasteiger partial charge on any atom is 0.234 e. The fourth-order valence-corrected chi connectivity index (χ4v) is 3.38. The van der Waals surface area contributed by atoms with Crippen LogP contribution in [0.25, 0.3) is 10.8 Å². The number of carbonyl (C=O) groups is 2. The molecule has 1 unspecified atom stereocenters. The summed E-state index contributed by atoms with van der Waals surface area (Å²) in [5.74, 6) is -0.650. The van der Waals surface area contributed by atoms with Crippen molar-refractivity contribution in [3.63, 3.8) is 0 Å². The number of nitrogens with zero attached hydrogens (tertiary/aromatic N) is 1. The van der Waals surface area contributed by atoms with Gasteiger partial charge in [-0.25, -0.2) is 0 Å². The second-order valence-electron chi connectivity index (χ2n) is 6.32. The molecular weight excluding hydrogens is 312 g/mol. The number of amides is 2. The molecule has 0 saturated heterocycles. The summed E-state index contributed by atoms with van der Waals surface area (Å²) in [6.45, 7) is 0. The van der Waals surface area contributed by atoms with E-state index in [-0.39, 0.29) is 18.2 Å². The monoisotopic (exact) mass is 330 g/mol. The van der Waals surface area contributed by atoms with E-state index in [1.165, 1.54) is 0 Å². The standard InChI is InChI=1S/C21H18N2O2/c1-23(16-11-10-14-6-2-3-7-15(14)12-16)21(25)18-13-20(24)22-19-9-5-4-8-17(18)19/h2-12,18H,13H2,1H3,(H,22,24). The minimum atomic E-state index is -0.457. The Morgan fingerprint density at radius 2 is 1.72 bits per heavy atom. The van der Waals surface area contributed by atoms with Gasteiger partial charge in [0.25, 0.3) is 0 Å². The van der Waals surface area contributed by atoms with Crippen LogP contribution in [-0.2, 0) is 9.59 Å². The van der Waals surface area contributed by atoms with Gasteiger partial charge in [-0.05, 0) is 34.5 Å². The van der Waals surface area contributed by atoms with Crippen molar-refractivity contribution in [3.05, 3.63) is 72.3 Å². The van der Waals surface area contributed by atoms with Gasteiger partial charge in [0, 0.05) is 24.8 Å². The van der Waals surface area contributed by atoms with E-state index in [1.807, 2.05) is 66.7 Å². The van der Waals surface area contributed by atoms with Crippen LogP contribution in [0.1, 0.15) is 17.9 Å². The molecule has 0 saturated carbocycles. The summed E-state index contributed by atoms with van der Waals surface area (Å²) < 4.78 is 0. The lowest BCUT2D eigenvalue weighted by Crippen LogP contribution is -2.36. The van der Waals surface area contributed by atoms with Crippen molar-refractivity contribution in [1.82, 2.24) is 0 Å². The molecule has 4 rings (SSSR count). The molecule has 0 bridgehead atoms. The number of rotatable bonds is 2. The molecule has 0 aromatic heterocycles. The number of anilines is 2. The number of carbonyl (C=O) groups excluding carboxylic acids is 2. The highest BCUT2D eigenvalue weighted by Gasteiger charge is 2.32. The molecule has 0 spiro atoms. The normalized spacial score (nSPS) is 16.2. The SMILES string of the molecule is CN(C(=O)C1CC(=O)Nc2ccccc21)c1ccc2ccccc2c1. The topological polar surface area (TPSA) is 49.4 Å². The number of para-hydroxylation sites is 1. The van der Waals surface area contributed by atoms with Crippen molar-refractivity contribution in [3.8, 4) is 0 Å². The van der Waals surface area contributed by atoms with Gasteiger partial charge in [0.15, 0.2) is 0 Å². The van der Waals surface area contributed by atoms with Gasteiger partial charge in [0.1, 0.15) is 0 Å². The lowest BCUT2D eigenvalue weighted by atomic mass is 9.89. The van der Waals surface area contributed by atoms with Crippen molar-refractivity contribution in [2.24, 2.45) is 0 Å². The molecule has 1 aliphatic rings. The number of likely N-dealkylation sites (N-methyl/N-ethyl adjacent to an activating group) is 1. The Labute approximate surface area is 146 Å². The lowest BCUT2D eigenvalue weighted by Gasteiger charge is -2.28. The molecule has 3 aromatic carbocycles. The largest absolute Gasteiger partial charge is 0.326 e. The smallest absolute Gasteiger partial charge is 0.234 e. The zero-order valence-electron chi connectivity index (χ0n) is 13.9. The summed E-state index contributed by atoms with van der Waals surface area (Å²) in [6.07, 6.45) is 0.174. The van der Waals surface area contributed by atoms with Gasteiger partial charge in [-0.1, -0.05) is 48.5 Å². The minimum absolute atomic E-state index is 0.0717. The Hall–Kier alpha value is -3.14. The van der Waals surface area contributed by atoms with Crippen molar-refractivity contribution < 1.29 is 9.59 Å². The molecule has 0 aliphatic carbocycles. The van der Waals surface area contributed by atoms with E-state index >= 15 is 0 Å². The molecular formula is C21H18N2O2. The van der Waals surface area contributed by atoms with E-state index in [0.717, 1.165) is 27.7 Å². The van der Waals surface area contributed by atoms with Gasteiger partial charge < -0.3 is 10.2 Å². The third-order valence-corrected chi connectivity index (χ3v) is 4.75. The highest BCUT2D eigenvalue weighted by atomic mass is 16.2. The van der Waals surface area contributed by atoms with Crippen LogP contribution in [0, 0.1) is 0 Å². The van der Waals surface area contributed by atoms with E-state index < -0.39 is 5.92 Å². The summed E-state index contributed by atoms with van der Waals surface area (Å²) in [5, 5.41) is 5.06. The van der Waals surface area contributed by atoms with Gasteiger partial charge in [-0.15, -0.1) is 0 Å². The van der Waals surface area contributed by atoms with Crippen molar-refractivity contribution in [1.29, 1.82) is 0 Å². The average Bonchev–Trinajstić information content (AvgIpc) is 2.65. The molecule has 1 atom stereocenters. The highest BCUT2D eigenvalue weighted by molar-refractivity contribution is 6.06. The van der Waals surface area contributed by atoms with Crippen LogP contribution in [0.4, 0.5) is 11.4 Å². The molecule has 4 nitrogen and oxygen atoms in total. The van der Waals surface area contributed by atoms with Crippen LogP contribution in [0.3, 0.4) is 0 Å². The van der Waals surface area contributed by atoms with Gasteiger partial charge in [-0.2, -0.15) is 0 Å². The van der Waals surface area contributed by atoms with E-state index in [4.69, 9.17) is 0 Å². The number of benzene rings is 3. The quantitative estimate of drug-likeness (QED) is 0.774. The van der Waals surface area contributed by atoms with Crippen LogP contribution < -0.4 is 10.2 Å². The summed E-state index contributed by atoms with van der Waals surface area (Å²) in [4.78, 5) is 26.7. The molecule has 4 heteroatoms. The van der Waals surface area contributed by atoms with Crippen LogP contribution in [0.5, 0.6) is 0 Å². The highest BCUT2D eigenvalue weighted by Crippen LogP contribution is 2.34. The van der Waals surface area contributed by atoms with Crippen molar-refractivity contribution in [2.45, 2.75) is 12.3 Å². The number of nitrogens with one attached hydrogen (secondary N) is 1. The Kier molecular flexibility index (Phi) is 3.73. The van der Waals surface area contributed by atoms with Crippen molar-refractivity contribution in [2.75, 3.05) is 17.3 Å². The molecule has 25 heavy (non-hydrogen) atoms. The van der Waals surface area contributed by atoms with E-state index in [9.17, 15) is 9.59 Å². The first-order chi connectivity index (χ1) is 12.1. The van der Waals surface area contributed by atoms with Gasteiger partial charge in [-0.3, -0.25) is 9.59 Å². The molecule has 1 aliphatic heterocycles. The summed E-state index contributed by atoms with van der Waals surface area (Å²) in [7, 11) is 1.77. The second kappa shape index (κ2) is 6.06. The van der Waals surface area contributed by atoms with Crippen molar-refractivity contribution >= 4 is 34.0 Å². The van der Waals surface area contributed by atoms with Gasteiger partial charge >= 0.3 is 0 Å². The van der Waals surface area contributed by atoms with E-state index in [2.05, 4.69) is 5.32 Å². The predicted octanol–water partition coefficient (Wildman–Crippen LogP) is 3.93. The first-order valence-electron chi connectivity index (χ1n) is 8.28. The molecule has 1 N–H and O–H groups in total. The first kappa shape index (κ1) is 15.4. The predicted molar refractivity (Wildman–Crippen MR) is 99.8 cm³/mol. The fourth-order valence-electron chi connectivity index (χ4n) is 3.38. The molecule has 3 aromatic rings. The third-order valence-electron chi connectivity index (χ3n) is 4.75. The zero-order chi connectivity index (χ0) is 17.4. The second-order valence-corrected chi connectivity index (χ2v) is 6.32. The molecule has 0 fully saturated rings. The van der Waals surface area contributed by atoms with Crippen LogP contribution >= 0.6 is 0 Å². The van der Waals surface area contributed by atoms with Gasteiger partial charge in [0.05, 0.1) is 5.92 Å². The van der Waals surface area contributed by atoms with Crippen LogP contribution in [0.2, 0.25) is 0 Å². The van der Waals surface area contributed by atoms with E-state index in [1.54, 1.807) is 11.9 Å². The summed E-state index contributed by atoms with van der Waals surface area (Å²) in [6, 6.07) is 21.5. The Bertz CT molecular complexity index is 980. The molecule has 124 valence electrons. The molecule has 1 heterocycles. The third kappa shape index (κ3) is 2.76. The molecule has 2 amide bonds. The van der Waals surface area contributed by atoms with Crippen LogP contribution in [0.15, 0.2) is 66.7 Å². The average molecular weight is 330 g/mol. The summed E-state index contributed by atoms with van der Waals surface area (Å²) >= 11 is 0. The number of hydrogen-bond acceptors (Lipinski definition) is 2. The minimum Gasteiger partial charge on any atom is -0.326 e.